The first kappa shape index (κ1) is 16.7. The van der Waals surface area contributed by atoms with E-state index in [1.165, 1.54) is 12.1 Å². The molecule has 2 atom stereocenters. The number of carbonyl (C=O) groups excluding carboxylic acids is 2. The molecule has 1 saturated carbocycles. The number of hydrogen-bond acceptors (Lipinski definition) is 4. The Morgan fingerprint density at radius 2 is 1.88 bits per heavy atom. The maximum Gasteiger partial charge on any atom is 0.266 e. The SMILES string of the molecule is O=C1CCCC/C=C/[C@H]2C[C@@H]2C(=O)NS(=O)(=O)c2ccccc2N1. The molecule has 0 unspecified atom stereocenters. The molecule has 3 rings (SSSR count). The van der Waals surface area contributed by atoms with E-state index in [0.717, 1.165) is 19.3 Å². The average molecular weight is 348 g/mol. The number of sulfonamides is 1. The molecular weight excluding hydrogens is 328 g/mol. The molecule has 2 aliphatic rings. The number of hydrogen-bond donors (Lipinski definition) is 2. The van der Waals surface area contributed by atoms with Crippen molar-refractivity contribution in [2.75, 3.05) is 5.32 Å². The highest BCUT2D eigenvalue weighted by atomic mass is 32.2. The first-order valence-corrected chi connectivity index (χ1v) is 9.58. The molecule has 128 valence electrons. The zero-order valence-electron chi connectivity index (χ0n) is 13.2. The highest BCUT2D eigenvalue weighted by Gasteiger charge is 2.42. The zero-order chi connectivity index (χ0) is 17.2. The van der Waals surface area contributed by atoms with E-state index < -0.39 is 15.9 Å². The topological polar surface area (TPSA) is 92.3 Å². The van der Waals surface area contributed by atoms with E-state index in [4.69, 9.17) is 0 Å². The second-order valence-electron chi connectivity index (χ2n) is 6.19. The minimum Gasteiger partial charge on any atom is -0.325 e. The molecule has 6 nitrogen and oxygen atoms in total. The van der Waals surface area contributed by atoms with Gasteiger partial charge in [0.25, 0.3) is 10.0 Å². The Morgan fingerprint density at radius 1 is 1.08 bits per heavy atom. The lowest BCUT2D eigenvalue weighted by atomic mass is 10.1. The lowest BCUT2D eigenvalue weighted by Gasteiger charge is -2.12. The Labute approximate surface area is 141 Å². The number of nitrogens with one attached hydrogen (secondary N) is 2. The Morgan fingerprint density at radius 3 is 2.71 bits per heavy atom. The van der Waals surface area contributed by atoms with Crippen LogP contribution in [0.2, 0.25) is 0 Å². The van der Waals surface area contributed by atoms with Gasteiger partial charge in [-0.3, -0.25) is 9.59 Å². The summed E-state index contributed by atoms with van der Waals surface area (Å²) in [5.74, 6) is -0.894. The summed E-state index contributed by atoms with van der Waals surface area (Å²) in [6.07, 6.45) is 7.47. The van der Waals surface area contributed by atoms with E-state index in [1.54, 1.807) is 12.1 Å². The molecule has 1 fully saturated rings. The predicted octanol–water partition coefficient (Wildman–Crippen LogP) is 2.20. The van der Waals surface area contributed by atoms with Crippen molar-refractivity contribution in [2.24, 2.45) is 11.8 Å². The van der Waals surface area contributed by atoms with Gasteiger partial charge >= 0.3 is 0 Å². The summed E-state index contributed by atoms with van der Waals surface area (Å²) in [4.78, 5) is 24.1. The van der Waals surface area contributed by atoms with Gasteiger partial charge in [0.1, 0.15) is 4.90 Å². The molecule has 2 amide bonds. The summed E-state index contributed by atoms with van der Waals surface area (Å²) in [6.45, 7) is 0. The van der Waals surface area contributed by atoms with Gasteiger partial charge in [0.05, 0.1) is 5.69 Å². The van der Waals surface area contributed by atoms with Crippen molar-refractivity contribution in [3.05, 3.63) is 36.4 Å². The molecule has 2 N–H and O–H groups in total. The van der Waals surface area contributed by atoms with Crippen LogP contribution in [-0.2, 0) is 19.6 Å². The predicted molar refractivity (Wildman–Crippen MR) is 89.6 cm³/mol. The standard InChI is InChI=1S/C17H20N2O4S/c20-16-10-4-2-1-3-7-12-11-13(12)17(21)19-24(22,23)15-9-6-5-8-14(15)18-16/h3,5-9,12-13H,1-2,4,10-11H2,(H,18,20)(H,19,21)/b7-3+/t12-,13-/m0/s1. The normalized spacial score (nSPS) is 28.2. The molecule has 1 aliphatic heterocycles. The second-order valence-corrected chi connectivity index (χ2v) is 7.84. The van der Waals surface area contributed by atoms with Gasteiger partial charge in [-0.05, 0) is 43.7 Å². The fourth-order valence-corrected chi connectivity index (χ4v) is 4.02. The van der Waals surface area contributed by atoms with E-state index in [-0.39, 0.29) is 28.3 Å². The third kappa shape index (κ3) is 3.84. The Kier molecular flexibility index (Phi) is 4.71. The summed E-state index contributed by atoms with van der Waals surface area (Å²) in [5.41, 5.74) is 0.197. The maximum atomic E-state index is 12.5. The van der Waals surface area contributed by atoms with Gasteiger partial charge in [-0.1, -0.05) is 24.3 Å². The van der Waals surface area contributed by atoms with Gasteiger partial charge in [0, 0.05) is 12.3 Å². The lowest BCUT2D eigenvalue weighted by molar-refractivity contribution is -0.120. The van der Waals surface area contributed by atoms with Gasteiger partial charge in [-0.25, -0.2) is 13.1 Å². The molecule has 0 radical (unpaired) electrons. The molecular formula is C17H20N2O4S. The molecule has 1 heterocycles. The van der Waals surface area contributed by atoms with Crippen molar-refractivity contribution in [1.29, 1.82) is 0 Å². The zero-order valence-corrected chi connectivity index (χ0v) is 14.0. The van der Waals surface area contributed by atoms with Crippen LogP contribution in [0.4, 0.5) is 5.69 Å². The number of benzene rings is 1. The fourth-order valence-electron chi connectivity index (χ4n) is 2.83. The van der Waals surface area contributed by atoms with Crippen molar-refractivity contribution in [2.45, 2.75) is 37.0 Å². The van der Waals surface area contributed by atoms with E-state index in [1.807, 2.05) is 12.2 Å². The Balaban J connectivity index is 1.89. The van der Waals surface area contributed by atoms with Crippen molar-refractivity contribution < 1.29 is 18.0 Å². The Bertz CT molecular complexity index is 786. The first-order valence-electron chi connectivity index (χ1n) is 8.09. The number of allylic oxidation sites excluding steroid dienone is 2. The average Bonchev–Trinajstić information content (AvgIpc) is 3.29. The minimum absolute atomic E-state index is 0.0886. The highest BCUT2D eigenvalue weighted by Crippen LogP contribution is 2.40. The summed E-state index contributed by atoms with van der Waals surface area (Å²) in [7, 11) is -4.02. The Hall–Kier alpha value is -2.15. The van der Waals surface area contributed by atoms with Gasteiger partial charge in [-0.2, -0.15) is 0 Å². The van der Waals surface area contributed by atoms with E-state index in [2.05, 4.69) is 10.0 Å². The number of fused-ring (bicyclic) bond motifs is 2. The lowest BCUT2D eigenvalue weighted by Crippen LogP contribution is -2.32. The van der Waals surface area contributed by atoms with Crippen LogP contribution in [0, 0.1) is 11.8 Å². The number of carbonyl (C=O) groups is 2. The fraction of sp³-hybridized carbons (Fsp3) is 0.412. The monoisotopic (exact) mass is 348 g/mol. The minimum atomic E-state index is -4.02. The van der Waals surface area contributed by atoms with Gasteiger partial charge in [0.2, 0.25) is 11.8 Å². The molecule has 24 heavy (non-hydrogen) atoms. The molecule has 1 aromatic rings. The van der Waals surface area contributed by atoms with Crippen molar-refractivity contribution in [3.63, 3.8) is 0 Å². The quantitative estimate of drug-likeness (QED) is 0.703. The first-order chi connectivity index (χ1) is 11.5. The molecule has 1 aromatic carbocycles. The third-order valence-electron chi connectivity index (χ3n) is 4.27. The van der Waals surface area contributed by atoms with Gasteiger partial charge in [0.15, 0.2) is 0 Å². The summed E-state index contributed by atoms with van der Waals surface area (Å²) in [6, 6.07) is 6.11. The van der Waals surface area contributed by atoms with Crippen LogP contribution in [0.15, 0.2) is 41.3 Å². The van der Waals surface area contributed by atoms with E-state index in [9.17, 15) is 18.0 Å². The summed E-state index contributed by atoms with van der Waals surface area (Å²) >= 11 is 0. The van der Waals surface area contributed by atoms with Crippen LogP contribution >= 0.6 is 0 Å². The second kappa shape index (κ2) is 6.76. The third-order valence-corrected chi connectivity index (χ3v) is 5.68. The smallest absolute Gasteiger partial charge is 0.266 e. The van der Waals surface area contributed by atoms with Crippen LogP contribution in [0.3, 0.4) is 0 Å². The van der Waals surface area contributed by atoms with E-state index >= 15 is 0 Å². The number of amides is 2. The summed E-state index contributed by atoms with van der Waals surface area (Å²) in [5, 5.41) is 2.63. The van der Waals surface area contributed by atoms with Gasteiger partial charge in [-0.15, -0.1) is 0 Å². The van der Waals surface area contributed by atoms with E-state index in [0.29, 0.717) is 12.8 Å². The highest BCUT2D eigenvalue weighted by molar-refractivity contribution is 7.90. The maximum absolute atomic E-state index is 12.5. The molecule has 0 spiro atoms. The van der Waals surface area contributed by atoms with Crippen LogP contribution in [-0.4, -0.2) is 20.2 Å². The molecule has 0 saturated heterocycles. The van der Waals surface area contributed by atoms with Gasteiger partial charge < -0.3 is 5.32 Å². The molecule has 7 heteroatoms. The molecule has 0 aromatic heterocycles. The molecule has 1 aliphatic carbocycles. The van der Waals surface area contributed by atoms with Crippen LogP contribution in [0.1, 0.15) is 32.1 Å². The number of anilines is 1. The van der Waals surface area contributed by atoms with Crippen LogP contribution in [0.25, 0.3) is 0 Å². The molecule has 0 bridgehead atoms. The summed E-state index contributed by atoms with van der Waals surface area (Å²) < 4.78 is 27.2. The number of rotatable bonds is 0. The number of para-hydroxylation sites is 1. The van der Waals surface area contributed by atoms with Crippen LogP contribution < -0.4 is 10.0 Å². The van der Waals surface area contributed by atoms with Crippen molar-refractivity contribution in [3.8, 4) is 0 Å². The van der Waals surface area contributed by atoms with Crippen molar-refractivity contribution in [1.82, 2.24) is 4.72 Å². The van der Waals surface area contributed by atoms with Crippen molar-refractivity contribution >= 4 is 27.5 Å². The largest absolute Gasteiger partial charge is 0.325 e. The van der Waals surface area contributed by atoms with Crippen LogP contribution in [0.5, 0.6) is 0 Å².